The average molecular weight is 283 g/mol. The lowest BCUT2D eigenvalue weighted by molar-refractivity contribution is -0.129. The Morgan fingerprint density at radius 2 is 1.81 bits per heavy atom. The van der Waals surface area contributed by atoms with Gasteiger partial charge in [-0.05, 0) is 37.1 Å². The second kappa shape index (κ2) is 6.44. The van der Waals surface area contributed by atoms with E-state index in [2.05, 4.69) is 33.1 Å². The Morgan fingerprint density at radius 3 is 2.43 bits per heavy atom. The van der Waals surface area contributed by atoms with E-state index in [1.54, 1.807) is 23.3 Å². The normalized spacial score (nSPS) is 10.6. The monoisotopic (exact) mass is 283 g/mol. The molecule has 21 heavy (non-hydrogen) atoms. The van der Waals surface area contributed by atoms with Crippen LogP contribution in [0.3, 0.4) is 0 Å². The first-order valence-corrected chi connectivity index (χ1v) is 7.03. The molecule has 2 aromatic rings. The van der Waals surface area contributed by atoms with Crippen LogP contribution >= 0.6 is 0 Å². The van der Waals surface area contributed by atoms with Gasteiger partial charge in [0.1, 0.15) is 5.58 Å². The number of carbonyl (C=O) groups is 1. The topological polar surface area (TPSA) is 33.5 Å². The predicted octanol–water partition coefficient (Wildman–Crippen LogP) is 3.79. The molecule has 0 saturated carbocycles. The molecule has 0 unspecified atom stereocenters. The second-order valence-corrected chi connectivity index (χ2v) is 5.25. The van der Waals surface area contributed by atoms with Gasteiger partial charge >= 0.3 is 0 Å². The van der Waals surface area contributed by atoms with Crippen molar-refractivity contribution in [3.05, 3.63) is 60.4 Å². The minimum Gasteiger partial charge on any atom is -0.464 e. The molecule has 0 bridgehead atoms. The number of carbonyl (C=O) groups excluding carboxylic acids is 1. The van der Waals surface area contributed by atoms with Crippen molar-refractivity contribution < 1.29 is 9.21 Å². The molecule has 0 atom stereocenters. The molecule has 3 nitrogen and oxygen atoms in total. The van der Waals surface area contributed by atoms with Crippen molar-refractivity contribution >= 4 is 16.9 Å². The second-order valence-electron chi connectivity index (χ2n) is 5.25. The first-order valence-electron chi connectivity index (χ1n) is 7.03. The van der Waals surface area contributed by atoms with E-state index < -0.39 is 0 Å². The van der Waals surface area contributed by atoms with Crippen molar-refractivity contribution in [3.8, 4) is 0 Å². The number of benzene rings is 1. The standard InChI is InChI=1S/C18H21NO2/c1-5-7-19(8-6-2)18(20)11-15-12-21-17-10-14(4)13(3)9-16(15)17/h5-6,9-10,12H,1-2,7-8,11H2,3-4H3. The fourth-order valence-corrected chi connectivity index (χ4v) is 2.34. The Morgan fingerprint density at radius 1 is 1.19 bits per heavy atom. The van der Waals surface area contributed by atoms with E-state index in [0.717, 1.165) is 16.5 Å². The maximum atomic E-state index is 12.4. The Labute approximate surface area is 125 Å². The van der Waals surface area contributed by atoms with Crippen LogP contribution in [0.2, 0.25) is 0 Å². The molecule has 0 aliphatic rings. The fourth-order valence-electron chi connectivity index (χ4n) is 2.34. The molecule has 1 aromatic carbocycles. The number of amides is 1. The number of hydrogen-bond donors (Lipinski definition) is 0. The van der Waals surface area contributed by atoms with Crippen LogP contribution in [0.15, 0.2) is 48.1 Å². The molecule has 2 rings (SSSR count). The van der Waals surface area contributed by atoms with Gasteiger partial charge in [0.2, 0.25) is 5.91 Å². The summed E-state index contributed by atoms with van der Waals surface area (Å²) in [6.45, 7) is 12.5. The zero-order valence-electron chi connectivity index (χ0n) is 12.7. The molecule has 3 heteroatoms. The Balaban J connectivity index is 2.26. The molecule has 0 aliphatic carbocycles. The van der Waals surface area contributed by atoms with Crippen LogP contribution < -0.4 is 0 Å². The van der Waals surface area contributed by atoms with E-state index in [9.17, 15) is 4.79 Å². The van der Waals surface area contributed by atoms with E-state index in [-0.39, 0.29) is 5.91 Å². The number of rotatable bonds is 6. The predicted molar refractivity (Wildman–Crippen MR) is 86.4 cm³/mol. The molecule has 0 radical (unpaired) electrons. The summed E-state index contributed by atoms with van der Waals surface area (Å²) in [4.78, 5) is 14.1. The highest BCUT2D eigenvalue weighted by Crippen LogP contribution is 2.25. The van der Waals surface area contributed by atoms with E-state index in [1.807, 2.05) is 6.07 Å². The van der Waals surface area contributed by atoms with Crippen molar-refractivity contribution in [1.29, 1.82) is 0 Å². The summed E-state index contributed by atoms with van der Waals surface area (Å²) in [5.74, 6) is 0.0516. The van der Waals surface area contributed by atoms with Gasteiger partial charge in [-0.25, -0.2) is 0 Å². The van der Waals surface area contributed by atoms with Crippen molar-refractivity contribution in [1.82, 2.24) is 4.90 Å². The lowest BCUT2D eigenvalue weighted by atomic mass is 10.0. The van der Waals surface area contributed by atoms with Gasteiger partial charge in [-0.2, -0.15) is 0 Å². The van der Waals surface area contributed by atoms with Crippen LogP contribution in [-0.2, 0) is 11.2 Å². The molecule has 0 spiro atoms. The summed E-state index contributed by atoms with van der Waals surface area (Å²) in [7, 11) is 0. The van der Waals surface area contributed by atoms with Crippen LogP contribution in [0, 0.1) is 13.8 Å². The summed E-state index contributed by atoms with van der Waals surface area (Å²) < 4.78 is 5.57. The SMILES string of the molecule is C=CCN(CC=C)C(=O)Cc1coc2cc(C)c(C)cc12. The summed E-state index contributed by atoms with van der Waals surface area (Å²) in [5.41, 5.74) is 4.15. The van der Waals surface area contributed by atoms with Gasteiger partial charge in [0.05, 0.1) is 12.7 Å². The van der Waals surface area contributed by atoms with Gasteiger partial charge in [-0.3, -0.25) is 4.79 Å². The molecule has 0 N–H and O–H groups in total. The molecular weight excluding hydrogens is 262 g/mol. The zero-order chi connectivity index (χ0) is 15.4. The van der Waals surface area contributed by atoms with E-state index >= 15 is 0 Å². The summed E-state index contributed by atoms with van der Waals surface area (Å²) >= 11 is 0. The largest absolute Gasteiger partial charge is 0.464 e. The van der Waals surface area contributed by atoms with E-state index in [1.165, 1.54) is 11.1 Å². The van der Waals surface area contributed by atoms with Crippen LogP contribution in [0.25, 0.3) is 11.0 Å². The van der Waals surface area contributed by atoms with Crippen molar-refractivity contribution in [2.45, 2.75) is 20.3 Å². The molecule has 0 fully saturated rings. The van der Waals surface area contributed by atoms with Gasteiger partial charge in [0.25, 0.3) is 0 Å². The van der Waals surface area contributed by atoms with Gasteiger partial charge in [0, 0.05) is 24.0 Å². The van der Waals surface area contributed by atoms with Gasteiger partial charge in [0.15, 0.2) is 0 Å². The van der Waals surface area contributed by atoms with Crippen LogP contribution in [-0.4, -0.2) is 23.9 Å². The first kappa shape index (κ1) is 15.1. The minimum atomic E-state index is 0.0516. The van der Waals surface area contributed by atoms with Gasteiger partial charge < -0.3 is 9.32 Å². The lowest BCUT2D eigenvalue weighted by Crippen LogP contribution is -2.32. The van der Waals surface area contributed by atoms with E-state index in [0.29, 0.717) is 19.5 Å². The van der Waals surface area contributed by atoms with Crippen LogP contribution in [0.4, 0.5) is 0 Å². The molecule has 0 aliphatic heterocycles. The number of hydrogen-bond acceptors (Lipinski definition) is 2. The highest BCUT2D eigenvalue weighted by atomic mass is 16.3. The summed E-state index contributed by atoms with van der Waals surface area (Å²) in [5, 5.41) is 1.02. The molecule has 1 aromatic heterocycles. The maximum Gasteiger partial charge on any atom is 0.227 e. The third-order valence-electron chi connectivity index (χ3n) is 3.66. The van der Waals surface area contributed by atoms with Crippen LogP contribution in [0.5, 0.6) is 0 Å². The Hall–Kier alpha value is -2.29. The molecule has 1 amide bonds. The van der Waals surface area contributed by atoms with Gasteiger partial charge in [-0.1, -0.05) is 12.2 Å². The van der Waals surface area contributed by atoms with E-state index in [4.69, 9.17) is 4.42 Å². The highest BCUT2D eigenvalue weighted by molar-refractivity contribution is 5.88. The number of nitrogens with zero attached hydrogens (tertiary/aromatic N) is 1. The van der Waals surface area contributed by atoms with Gasteiger partial charge in [-0.15, -0.1) is 13.2 Å². The number of furan rings is 1. The summed E-state index contributed by atoms with van der Waals surface area (Å²) in [6.07, 6.45) is 5.46. The molecule has 110 valence electrons. The molecule has 1 heterocycles. The Bertz CT molecular complexity index is 672. The van der Waals surface area contributed by atoms with Crippen LogP contribution in [0.1, 0.15) is 16.7 Å². The Kier molecular flexibility index (Phi) is 4.63. The lowest BCUT2D eigenvalue weighted by Gasteiger charge is -2.18. The maximum absolute atomic E-state index is 12.4. The quantitative estimate of drug-likeness (QED) is 0.756. The molecular formula is C18H21NO2. The average Bonchev–Trinajstić information content (AvgIpc) is 2.81. The van der Waals surface area contributed by atoms with Crippen molar-refractivity contribution in [3.63, 3.8) is 0 Å². The fraction of sp³-hybridized carbons (Fsp3) is 0.278. The summed E-state index contributed by atoms with van der Waals surface area (Å²) in [6, 6.07) is 4.10. The number of fused-ring (bicyclic) bond motifs is 1. The van der Waals surface area contributed by atoms with Crippen molar-refractivity contribution in [2.75, 3.05) is 13.1 Å². The third-order valence-corrected chi connectivity index (χ3v) is 3.66. The minimum absolute atomic E-state index is 0.0516. The number of aryl methyl sites for hydroxylation is 2. The third kappa shape index (κ3) is 3.24. The first-order chi connectivity index (χ1) is 10.1. The van der Waals surface area contributed by atoms with Crippen molar-refractivity contribution in [2.24, 2.45) is 0 Å². The highest BCUT2D eigenvalue weighted by Gasteiger charge is 2.15. The smallest absolute Gasteiger partial charge is 0.227 e. The zero-order valence-corrected chi connectivity index (χ0v) is 12.7. The molecule has 0 saturated heterocycles.